The number of carbonyl (C=O) groups excluding carboxylic acids is 1. The molecule has 3 aromatic heterocycles. The number of aryl methyl sites for hydroxylation is 2. The summed E-state index contributed by atoms with van der Waals surface area (Å²) in [7, 11) is 1.97. The maximum Gasteiger partial charge on any atom is 0.261 e. The number of rotatable bonds is 4. The molecule has 0 saturated heterocycles. The van der Waals surface area contributed by atoms with E-state index in [0.717, 1.165) is 50.1 Å². The minimum Gasteiger partial charge on any atom is -0.334 e. The first-order chi connectivity index (χ1) is 18.8. The molecule has 1 aliphatic carbocycles. The smallest absolute Gasteiger partial charge is 0.261 e. The average Bonchev–Trinajstić information content (AvgIpc) is 3.54. The SMILES string of the molecule is Cc1cc(C(=O)N2Cc3c(c(=O)n(-c4ccc5c(c4)ncn5C)c4c(CC5CC5)cnn34)C[C@H]2C)ccc1Br. The summed E-state index contributed by atoms with van der Waals surface area (Å²) < 4.78 is 6.68. The number of carbonyl (C=O) groups is 1. The molecule has 0 N–H and O–H groups in total. The maximum atomic E-state index is 14.3. The highest BCUT2D eigenvalue weighted by molar-refractivity contribution is 9.10. The Labute approximate surface area is 234 Å². The monoisotopic (exact) mass is 584 g/mol. The lowest BCUT2D eigenvalue weighted by molar-refractivity contribution is 0.0651. The average molecular weight is 586 g/mol. The number of hydrogen-bond donors (Lipinski definition) is 0. The van der Waals surface area contributed by atoms with Gasteiger partial charge in [-0.15, -0.1) is 0 Å². The van der Waals surface area contributed by atoms with E-state index in [-0.39, 0.29) is 17.5 Å². The molecule has 0 bridgehead atoms. The van der Waals surface area contributed by atoms with E-state index in [4.69, 9.17) is 5.10 Å². The van der Waals surface area contributed by atoms with Gasteiger partial charge in [0.15, 0.2) is 0 Å². The van der Waals surface area contributed by atoms with E-state index < -0.39 is 0 Å². The molecule has 39 heavy (non-hydrogen) atoms. The molecule has 198 valence electrons. The van der Waals surface area contributed by atoms with Crippen molar-refractivity contribution in [3.63, 3.8) is 0 Å². The first-order valence-corrected chi connectivity index (χ1v) is 14.2. The second-order valence-electron chi connectivity index (χ2n) is 11.1. The Kier molecular flexibility index (Phi) is 5.56. The first kappa shape index (κ1) is 24.3. The zero-order chi connectivity index (χ0) is 27.0. The molecule has 1 saturated carbocycles. The number of fused-ring (bicyclic) bond motifs is 4. The second-order valence-corrected chi connectivity index (χ2v) is 12.0. The molecule has 2 aromatic carbocycles. The first-order valence-electron chi connectivity index (χ1n) is 13.4. The summed E-state index contributed by atoms with van der Waals surface area (Å²) in [6.07, 6.45) is 7.47. The van der Waals surface area contributed by atoms with Gasteiger partial charge in [0.25, 0.3) is 11.5 Å². The molecule has 0 radical (unpaired) electrons. The highest BCUT2D eigenvalue weighted by Crippen LogP contribution is 2.35. The minimum absolute atomic E-state index is 0.0351. The summed E-state index contributed by atoms with van der Waals surface area (Å²) in [5.41, 5.74) is 7.64. The van der Waals surface area contributed by atoms with Crippen LogP contribution in [0.5, 0.6) is 0 Å². The summed E-state index contributed by atoms with van der Waals surface area (Å²) in [6, 6.07) is 11.5. The van der Waals surface area contributed by atoms with Crippen LogP contribution in [0.3, 0.4) is 0 Å². The molecule has 5 aromatic rings. The Morgan fingerprint density at radius 1 is 1.15 bits per heavy atom. The molecule has 1 atom stereocenters. The lowest BCUT2D eigenvalue weighted by Crippen LogP contribution is -2.46. The van der Waals surface area contributed by atoms with Crippen LogP contribution in [-0.4, -0.2) is 40.6 Å². The highest BCUT2D eigenvalue weighted by atomic mass is 79.9. The lowest BCUT2D eigenvalue weighted by Gasteiger charge is -2.35. The van der Waals surface area contributed by atoms with E-state index in [9.17, 15) is 9.59 Å². The number of amides is 1. The van der Waals surface area contributed by atoms with Crippen molar-refractivity contribution in [1.29, 1.82) is 0 Å². The quantitative estimate of drug-likeness (QED) is 0.298. The van der Waals surface area contributed by atoms with Crippen molar-refractivity contribution in [3.8, 4) is 5.69 Å². The minimum atomic E-state index is -0.132. The fraction of sp³-hybridized carbons (Fsp3) is 0.333. The van der Waals surface area contributed by atoms with Crippen molar-refractivity contribution in [2.75, 3.05) is 0 Å². The summed E-state index contributed by atoms with van der Waals surface area (Å²) in [6.45, 7) is 4.33. The molecule has 2 aliphatic rings. The molecule has 7 rings (SSSR count). The Morgan fingerprint density at radius 2 is 1.97 bits per heavy atom. The molecule has 0 unspecified atom stereocenters. The van der Waals surface area contributed by atoms with Gasteiger partial charge in [0.05, 0.1) is 41.5 Å². The third kappa shape index (κ3) is 3.93. The van der Waals surface area contributed by atoms with E-state index in [1.807, 2.05) is 82.0 Å². The van der Waals surface area contributed by atoms with Gasteiger partial charge in [-0.25, -0.2) is 9.50 Å². The number of halogens is 1. The number of aromatic nitrogens is 5. The topological polar surface area (TPSA) is 77.4 Å². The molecule has 9 heteroatoms. The van der Waals surface area contributed by atoms with Gasteiger partial charge >= 0.3 is 0 Å². The van der Waals surface area contributed by atoms with Gasteiger partial charge < -0.3 is 9.47 Å². The largest absolute Gasteiger partial charge is 0.334 e. The third-order valence-corrected chi connectivity index (χ3v) is 9.17. The predicted molar refractivity (Wildman–Crippen MR) is 153 cm³/mol. The molecule has 1 aliphatic heterocycles. The van der Waals surface area contributed by atoms with Crippen molar-refractivity contribution >= 4 is 38.5 Å². The van der Waals surface area contributed by atoms with Crippen LogP contribution in [0.2, 0.25) is 0 Å². The van der Waals surface area contributed by atoms with Crippen molar-refractivity contribution in [1.82, 2.24) is 28.6 Å². The van der Waals surface area contributed by atoms with Crippen molar-refractivity contribution < 1.29 is 4.79 Å². The number of hydrogen-bond acceptors (Lipinski definition) is 4. The molecule has 1 fully saturated rings. The van der Waals surface area contributed by atoms with Crippen LogP contribution >= 0.6 is 15.9 Å². The molecule has 1 amide bonds. The molecular weight excluding hydrogens is 556 g/mol. The molecule has 4 heterocycles. The lowest BCUT2D eigenvalue weighted by atomic mass is 9.98. The van der Waals surface area contributed by atoms with Crippen LogP contribution in [-0.2, 0) is 26.4 Å². The van der Waals surface area contributed by atoms with E-state index >= 15 is 0 Å². The molecule has 8 nitrogen and oxygen atoms in total. The second kappa shape index (κ2) is 8.91. The summed E-state index contributed by atoms with van der Waals surface area (Å²) in [4.78, 5) is 34.4. The summed E-state index contributed by atoms with van der Waals surface area (Å²) in [5.74, 6) is 0.599. The zero-order valence-corrected chi connectivity index (χ0v) is 23.8. The standard InChI is InChI=1S/C30H29BrN6O2/c1-17-10-20(6-8-24(17)31)29(38)35-15-27-23(11-18(35)2)30(39)36(22-7-9-26-25(13-22)32-16-34(26)3)28-21(12-19-4-5-19)14-33-37(27)28/h6-10,13-14,16,18-19H,4-5,11-12,15H2,1-3H3/t18-/m1/s1. The van der Waals surface area contributed by atoms with Gasteiger partial charge in [-0.1, -0.05) is 15.9 Å². The normalized spacial score (nSPS) is 17.2. The third-order valence-electron chi connectivity index (χ3n) is 8.28. The maximum absolute atomic E-state index is 14.3. The van der Waals surface area contributed by atoms with Gasteiger partial charge in [0.1, 0.15) is 5.65 Å². The van der Waals surface area contributed by atoms with Gasteiger partial charge in [-0.2, -0.15) is 5.10 Å². The van der Waals surface area contributed by atoms with Gasteiger partial charge in [0, 0.05) is 34.3 Å². The van der Waals surface area contributed by atoms with Crippen LogP contribution in [0.4, 0.5) is 0 Å². The predicted octanol–water partition coefficient (Wildman–Crippen LogP) is 4.98. The zero-order valence-electron chi connectivity index (χ0n) is 22.2. The van der Waals surface area contributed by atoms with Crippen LogP contribution < -0.4 is 5.56 Å². The Hall–Kier alpha value is -3.72. The molecule has 0 spiro atoms. The van der Waals surface area contributed by atoms with Crippen molar-refractivity contribution in [2.24, 2.45) is 13.0 Å². The summed E-state index contributed by atoms with van der Waals surface area (Å²) in [5, 5.41) is 4.82. The Balaban J connectivity index is 1.39. The fourth-order valence-corrected chi connectivity index (χ4v) is 6.13. The van der Waals surface area contributed by atoms with Crippen molar-refractivity contribution in [2.45, 2.75) is 52.1 Å². The number of imidazole rings is 1. The van der Waals surface area contributed by atoms with Crippen LogP contribution in [0.15, 0.2) is 58.2 Å². The van der Waals surface area contributed by atoms with E-state index in [1.165, 1.54) is 12.8 Å². The van der Waals surface area contributed by atoms with Crippen LogP contribution in [0.25, 0.3) is 22.4 Å². The molecular formula is C30H29BrN6O2. The fourth-order valence-electron chi connectivity index (χ4n) is 5.88. The van der Waals surface area contributed by atoms with E-state index in [0.29, 0.717) is 30.0 Å². The van der Waals surface area contributed by atoms with E-state index in [1.54, 1.807) is 6.33 Å². The van der Waals surface area contributed by atoms with E-state index in [2.05, 4.69) is 20.9 Å². The van der Waals surface area contributed by atoms with Crippen LogP contribution in [0.1, 0.15) is 52.5 Å². The van der Waals surface area contributed by atoms with Gasteiger partial charge in [-0.3, -0.25) is 14.2 Å². The number of nitrogens with zero attached hydrogens (tertiary/aromatic N) is 6. The summed E-state index contributed by atoms with van der Waals surface area (Å²) >= 11 is 3.53. The van der Waals surface area contributed by atoms with Gasteiger partial charge in [0.2, 0.25) is 0 Å². The Bertz CT molecular complexity index is 1860. The van der Waals surface area contributed by atoms with Gasteiger partial charge in [-0.05, 0) is 87.4 Å². The number of benzene rings is 2. The van der Waals surface area contributed by atoms with Crippen LogP contribution in [0, 0.1) is 12.8 Å². The highest BCUT2D eigenvalue weighted by Gasteiger charge is 2.34. The van der Waals surface area contributed by atoms with Crippen molar-refractivity contribution in [3.05, 3.63) is 91.7 Å². The Morgan fingerprint density at radius 3 is 2.74 bits per heavy atom.